The molecule has 24 heavy (non-hydrogen) atoms. The predicted octanol–water partition coefficient (Wildman–Crippen LogP) is 4.47. The van der Waals surface area contributed by atoms with Gasteiger partial charge in [0.2, 0.25) is 5.91 Å². The molecule has 1 heterocycles. The Bertz CT molecular complexity index is 692. The third kappa shape index (κ3) is 4.05. The number of hydrogen-bond acceptors (Lipinski definition) is 1. The van der Waals surface area contributed by atoms with E-state index in [1.54, 1.807) is 0 Å². The first-order valence-electron chi connectivity index (χ1n) is 9.03. The molecule has 1 saturated heterocycles. The van der Waals surface area contributed by atoms with Crippen molar-refractivity contribution in [3.63, 3.8) is 0 Å². The van der Waals surface area contributed by atoms with Crippen LogP contribution in [-0.2, 0) is 17.6 Å². The summed E-state index contributed by atoms with van der Waals surface area (Å²) in [5.74, 6) is 0.313. The maximum Gasteiger partial charge on any atom is 0.223 e. The van der Waals surface area contributed by atoms with Crippen LogP contribution in [0.1, 0.15) is 41.5 Å². The number of carbonyl (C=O) groups is 1. The Morgan fingerprint density at radius 3 is 2.67 bits per heavy atom. The Hall–Kier alpha value is -2.09. The molecule has 1 unspecified atom stereocenters. The minimum atomic E-state index is 0.313. The van der Waals surface area contributed by atoms with E-state index in [0.717, 1.165) is 32.2 Å². The topological polar surface area (TPSA) is 20.3 Å². The molecule has 0 aliphatic carbocycles. The van der Waals surface area contributed by atoms with Crippen molar-refractivity contribution in [2.45, 2.75) is 52.0 Å². The second-order valence-electron chi connectivity index (χ2n) is 7.00. The van der Waals surface area contributed by atoms with Crippen LogP contribution in [0.2, 0.25) is 0 Å². The summed E-state index contributed by atoms with van der Waals surface area (Å²) < 4.78 is 0. The van der Waals surface area contributed by atoms with Crippen molar-refractivity contribution in [1.82, 2.24) is 4.90 Å². The zero-order valence-electron chi connectivity index (χ0n) is 14.8. The van der Waals surface area contributed by atoms with Crippen molar-refractivity contribution in [2.24, 2.45) is 0 Å². The molecule has 0 radical (unpaired) electrons. The third-order valence-corrected chi connectivity index (χ3v) is 5.12. The Morgan fingerprint density at radius 1 is 1.12 bits per heavy atom. The van der Waals surface area contributed by atoms with Gasteiger partial charge in [-0.3, -0.25) is 4.79 Å². The summed E-state index contributed by atoms with van der Waals surface area (Å²) >= 11 is 0. The van der Waals surface area contributed by atoms with E-state index < -0.39 is 0 Å². The first-order chi connectivity index (χ1) is 11.6. The number of nitrogens with zero attached hydrogens (tertiary/aromatic N) is 1. The average Bonchev–Trinajstić information content (AvgIpc) is 3.03. The van der Waals surface area contributed by atoms with Crippen LogP contribution in [0.4, 0.5) is 0 Å². The summed E-state index contributed by atoms with van der Waals surface area (Å²) in [5, 5.41) is 0. The smallest absolute Gasteiger partial charge is 0.223 e. The van der Waals surface area contributed by atoms with E-state index >= 15 is 0 Å². The molecular formula is C22H27NO. The van der Waals surface area contributed by atoms with Crippen molar-refractivity contribution >= 4 is 5.91 Å². The molecule has 126 valence electrons. The molecule has 2 nitrogen and oxygen atoms in total. The number of hydrogen-bond donors (Lipinski definition) is 0. The number of amides is 1. The second-order valence-corrected chi connectivity index (χ2v) is 7.00. The molecule has 3 rings (SSSR count). The molecular weight excluding hydrogens is 294 g/mol. The van der Waals surface area contributed by atoms with Crippen LogP contribution in [0.25, 0.3) is 0 Å². The molecule has 1 amide bonds. The molecule has 1 atom stereocenters. The minimum absolute atomic E-state index is 0.313. The normalized spacial score (nSPS) is 17.2. The Morgan fingerprint density at radius 2 is 1.92 bits per heavy atom. The van der Waals surface area contributed by atoms with Gasteiger partial charge in [0.15, 0.2) is 0 Å². The predicted molar refractivity (Wildman–Crippen MR) is 99.1 cm³/mol. The standard InChI is InChI=1S/C22H27NO/c1-17-10-11-20(18(2)15-17)12-13-22(24)23-14-6-9-21(23)16-19-7-4-3-5-8-19/h3-5,7-8,10-11,15,21H,6,9,12-14,16H2,1-2H3. The van der Waals surface area contributed by atoms with Gasteiger partial charge in [0, 0.05) is 19.0 Å². The van der Waals surface area contributed by atoms with Crippen LogP contribution in [-0.4, -0.2) is 23.4 Å². The van der Waals surface area contributed by atoms with E-state index in [9.17, 15) is 4.79 Å². The molecule has 0 aromatic heterocycles. The van der Waals surface area contributed by atoms with Crippen molar-refractivity contribution < 1.29 is 4.79 Å². The molecule has 0 spiro atoms. The fraction of sp³-hybridized carbons (Fsp3) is 0.409. The highest BCUT2D eigenvalue weighted by atomic mass is 16.2. The van der Waals surface area contributed by atoms with Gasteiger partial charge in [-0.05, 0) is 56.2 Å². The van der Waals surface area contributed by atoms with E-state index in [1.807, 2.05) is 6.07 Å². The highest BCUT2D eigenvalue weighted by molar-refractivity contribution is 5.77. The van der Waals surface area contributed by atoms with Gasteiger partial charge in [0.1, 0.15) is 0 Å². The quantitative estimate of drug-likeness (QED) is 0.795. The first kappa shape index (κ1) is 16.8. The fourth-order valence-corrected chi connectivity index (χ4v) is 3.77. The number of carbonyl (C=O) groups excluding carboxylic acids is 1. The molecule has 2 aromatic carbocycles. The number of likely N-dealkylation sites (tertiary alicyclic amines) is 1. The van der Waals surface area contributed by atoms with Crippen molar-refractivity contribution in [1.29, 1.82) is 0 Å². The third-order valence-electron chi connectivity index (χ3n) is 5.12. The molecule has 1 aliphatic rings. The first-order valence-corrected chi connectivity index (χ1v) is 9.03. The van der Waals surface area contributed by atoms with Gasteiger partial charge in [0.05, 0.1) is 0 Å². The van der Waals surface area contributed by atoms with Gasteiger partial charge in [-0.1, -0.05) is 54.1 Å². The maximum absolute atomic E-state index is 12.7. The van der Waals surface area contributed by atoms with Gasteiger partial charge in [-0.15, -0.1) is 0 Å². The molecule has 0 N–H and O–H groups in total. The van der Waals surface area contributed by atoms with Crippen LogP contribution in [0.15, 0.2) is 48.5 Å². The zero-order valence-corrected chi connectivity index (χ0v) is 14.8. The lowest BCUT2D eigenvalue weighted by molar-refractivity contribution is -0.131. The second kappa shape index (κ2) is 7.65. The Kier molecular flexibility index (Phi) is 5.34. The molecule has 1 aliphatic heterocycles. The highest BCUT2D eigenvalue weighted by Gasteiger charge is 2.28. The zero-order chi connectivity index (χ0) is 16.9. The molecule has 0 saturated carbocycles. The van der Waals surface area contributed by atoms with Crippen molar-refractivity contribution in [3.8, 4) is 0 Å². The maximum atomic E-state index is 12.7. The summed E-state index contributed by atoms with van der Waals surface area (Å²) in [4.78, 5) is 14.8. The number of benzene rings is 2. The van der Waals surface area contributed by atoms with Crippen LogP contribution < -0.4 is 0 Å². The molecule has 2 aromatic rings. The van der Waals surface area contributed by atoms with E-state index in [4.69, 9.17) is 0 Å². The highest BCUT2D eigenvalue weighted by Crippen LogP contribution is 2.23. The van der Waals surface area contributed by atoms with Gasteiger partial charge in [-0.25, -0.2) is 0 Å². The van der Waals surface area contributed by atoms with Gasteiger partial charge >= 0.3 is 0 Å². The summed E-state index contributed by atoms with van der Waals surface area (Å²) in [7, 11) is 0. The van der Waals surface area contributed by atoms with Crippen LogP contribution in [0, 0.1) is 13.8 Å². The van der Waals surface area contributed by atoms with Crippen molar-refractivity contribution in [3.05, 3.63) is 70.8 Å². The van der Waals surface area contributed by atoms with Gasteiger partial charge in [0.25, 0.3) is 0 Å². The van der Waals surface area contributed by atoms with E-state index in [-0.39, 0.29) is 0 Å². The lowest BCUT2D eigenvalue weighted by Crippen LogP contribution is -2.36. The van der Waals surface area contributed by atoms with E-state index in [1.165, 1.54) is 22.3 Å². The van der Waals surface area contributed by atoms with E-state index in [2.05, 4.69) is 61.2 Å². The van der Waals surface area contributed by atoms with Crippen LogP contribution in [0.3, 0.4) is 0 Å². The lowest BCUT2D eigenvalue weighted by atomic mass is 10.0. The van der Waals surface area contributed by atoms with E-state index in [0.29, 0.717) is 18.4 Å². The summed E-state index contributed by atoms with van der Waals surface area (Å²) in [6, 6.07) is 17.4. The van der Waals surface area contributed by atoms with Crippen molar-refractivity contribution in [2.75, 3.05) is 6.54 Å². The average molecular weight is 321 g/mol. The van der Waals surface area contributed by atoms with Gasteiger partial charge in [-0.2, -0.15) is 0 Å². The Labute approximate surface area is 145 Å². The lowest BCUT2D eigenvalue weighted by Gasteiger charge is -2.25. The monoisotopic (exact) mass is 321 g/mol. The largest absolute Gasteiger partial charge is 0.339 e. The summed E-state index contributed by atoms with van der Waals surface area (Å²) in [6.45, 7) is 5.17. The summed E-state index contributed by atoms with van der Waals surface area (Å²) in [5.41, 5.74) is 5.21. The number of aryl methyl sites for hydroxylation is 3. The fourth-order valence-electron chi connectivity index (χ4n) is 3.77. The molecule has 1 fully saturated rings. The minimum Gasteiger partial charge on any atom is -0.339 e. The molecule has 0 bridgehead atoms. The number of rotatable bonds is 5. The summed E-state index contributed by atoms with van der Waals surface area (Å²) in [6.07, 6.45) is 4.71. The molecule has 2 heteroatoms. The Balaban J connectivity index is 1.59. The van der Waals surface area contributed by atoms with Crippen LogP contribution >= 0.6 is 0 Å². The van der Waals surface area contributed by atoms with Gasteiger partial charge < -0.3 is 4.90 Å². The van der Waals surface area contributed by atoms with Crippen LogP contribution in [0.5, 0.6) is 0 Å². The SMILES string of the molecule is Cc1ccc(CCC(=O)N2CCCC2Cc2ccccc2)c(C)c1.